The van der Waals surface area contributed by atoms with Crippen molar-refractivity contribution in [3.63, 3.8) is 0 Å². The van der Waals surface area contributed by atoms with Crippen molar-refractivity contribution < 1.29 is 19.4 Å². The van der Waals surface area contributed by atoms with Crippen LogP contribution < -0.4 is 9.64 Å². The summed E-state index contributed by atoms with van der Waals surface area (Å²) in [5, 5.41) is 9.31. The molecule has 1 aliphatic heterocycles. The van der Waals surface area contributed by atoms with Crippen LogP contribution in [0.1, 0.15) is 18.6 Å². The van der Waals surface area contributed by atoms with Gasteiger partial charge in [0, 0.05) is 46.4 Å². The van der Waals surface area contributed by atoms with Crippen LogP contribution in [0.2, 0.25) is 25.7 Å². The quantitative estimate of drug-likeness (QED) is 0.175. The van der Waals surface area contributed by atoms with Gasteiger partial charge in [0.1, 0.15) is 35.7 Å². The lowest BCUT2D eigenvalue weighted by Gasteiger charge is -2.33. The molecule has 2 aromatic carbocycles. The molecule has 3 heterocycles. The highest BCUT2D eigenvalue weighted by Crippen LogP contribution is 2.29. The molecular weight excluding hydrogens is 534 g/mol. The maximum Gasteiger partial charge on any atom is 0.407 e. The third-order valence-electron chi connectivity index (χ3n) is 7.36. The zero-order valence-electron chi connectivity index (χ0n) is 24.3. The van der Waals surface area contributed by atoms with Crippen LogP contribution in [0.3, 0.4) is 0 Å². The molecule has 0 spiro atoms. The fourth-order valence-corrected chi connectivity index (χ4v) is 5.61. The Morgan fingerprint density at radius 2 is 1.66 bits per heavy atom. The summed E-state index contributed by atoms with van der Waals surface area (Å²) in [5.74, 6) is 2.40. The van der Waals surface area contributed by atoms with Gasteiger partial charge in [-0.2, -0.15) is 0 Å². The first-order chi connectivity index (χ1) is 19.7. The Balaban J connectivity index is 1.40. The molecule has 1 unspecified atom stereocenters. The van der Waals surface area contributed by atoms with Crippen LogP contribution in [0.5, 0.6) is 5.75 Å². The van der Waals surface area contributed by atoms with Gasteiger partial charge < -0.3 is 24.4 Å². The highest BCUT2D eigenvalue weighted by molar-refractivity contribution is 6.76. The maximum atomic E-state index is 11.3. The summed E-state index contributed by atoms with van der Waals surface area (Å²) in [4.78, 5) is 24.9. The number of hydrogen-bond donors (Lipinski definition) is 1. The number of nitrogens with zero attached hydrogens (tertiary/aromatic N) is 5. The summed E-state index contributed by atoms with van der Waals surface area (Å²) in [5.41, 5.74) is 3.62. The molecule has 41 heavy (non-hydrogen) atoms. The van der Waals surface area contributed by atoms with Gasteiger partial charge >= 0.3 is 6.09 Å². The Morgan fingerprint density at radius 3 is 2.32 bits per heavy atom. The average molecular weight is 574 g/mol. The van der Waals surface area contributed by atoms with E-state index in [4.69, 9.17) is 19.4 Å². The number of hydrogen-bond acceptors (Lipinski definition) is 6. The lowest BCUT2D eigenvalue weighted by atomic mass is 10.1. The van der Waals surface area contributed by atoms with Crippen LogP contribution in [-0.2, 0) is 11.5 Å². The first kappa shape index (κ1) is 28.6. The molecule has 0 saturated carbocycles. The molecular formula is C31H39N5O4Si. The minimum absolute atomic E-state index is 0.0635. The van der Waals surface area contributed by atoms with Crippen LogP contribution in [0.15, 0.2) is 66.7 Å². The predicted octanol–water partition coefficient (Wildman–Crippen LogP) is 6.35. The first-order valence-electron chi connectivity index (χ1n) is 14.2. The Labute approximate surface area is 242 Å². The van der Waals surface area contributed by atoms with Gasteiger partial charge in [0.25, 0.3) is 0 Å². The van der Waals surface area contributed by atoms with Gasteiger partial charge in [0.05, 0.1) is 0 Å². The normalized spacial score (nSPS) is 14.8. The third kappa shape index (κ3) is 7.06. The summed E-state index contributed by atoms with van der Waals surface area (Å²) >= 11 is 0. The molecule has 9 nitrogen and oxygen atoms in total. The Hall–Kier alpha value is -3.89. The molecule has 0 radical (unpaired) electrons. The molecule has 0 aliphatic carbocycles. The number of benzene rings is 2. The monoisotopic (exact) mass is 573 g/mol. The molecule has 1 saturated heterocycles. The first-order valence-corrected chi connectivity index (χ1v) is 17.9. The number of ether oxygens (including phenoxy) is 2. The number of imidazole rings is 1. The van der Waals surface area contributed by atoms with Crippen LogP contribution in [0, 0.1) is 0 Å². The number of carbonyl (C=O) groups is 1. The van der Waals surface area contributed by atoms with Gasteiger partial charge in [-0.25, -0.2) is 14.8 Å². The van der Waals surface area contributed by atoms with Crippen molar-refractivity contribution in [3.8, 4) is 17.1 Å². The van der Waals surface area contributed by atoms with Gasteiger partial charge in [-0.1, -0.05) is 50.0 Å². The molecule has 1 atom stereocenters. The van der Waals surface area contributed by atoms with Gasteiger partial charge in [0.15, 0.2) is 5.65 Å². The lowest BCUT2D eigenvalue weighted by molar-refractivity contribution is 0.0906. The molecule has 4 aromatic rings. The van der Waals surface area contributed by atoms with E-state index < -0.39 is 14.2 Å². The van der Waals surface area contributed by atoms with Crippen LogP contribution in [-0.4, -0.2) is 71.5 Å². The van der Waals surface area contributed by atoms with Crippen molar-refractivity contribution in [2.45, 2.75) is 45.4 Å². The fourth-order valence-electron chi connectivity index (χ4n) is 4.85. The lowest BCUT2D eigenvalue weighted by Crippen LogP contribution is -2.48. The SMILES string of the molecule is CC(Oc1ccc(-c2nc3ccc(N4CCN(C(=O)O)CC4)nc3n2COCC[Si](C)(C)C)cc1)c1ccccc1. The minimum Gasteiger partial charge on any atom is -0.486 e. The van der Waals surface area contributed by atoms with E-state index in [9.17, 15) is 9.90 Å². The van der Waals surface area contributed by atoms with E-state index in [0.717, 1.165) is 45.7 Å². The van der Waals surface area contributed by atoms with Gasteiger partial charge in [-0.3, -0.25) is 4.57 Å². The van der Waals surface area contributed by atoms with Crippen molar-refractivity contribution in [1.29, 1.82) is 0 Å². The standard InChI is InChI=1S/C31H39N5O4Si/c1-23(24-8-6-5-7-9-24)40-26-12-10-25(11-13-26)29-32-27-14-15-28(34-16-18-35(19-17-34)31(37)38)33-30(27)36(29)22-39-20-21-41(2,3)4/h5-15,23H,16-22H2,1-4H3,(H,37,38). The summed E-state index contributed by atoms with van der Waals surface area (Å²) < 4.78 is 14.4. The van der Waals surface area contributed by atoms with Gasteiger partial charge in [0.2, 0.25) is 0 Å². The average Bonchev–Trinajstić information content (AvgIpc) is 3.33. The second-order valence-corrected chi connectivity index (χ2v) is 17.3. The van der Waals surface area contributed by atoms with E-state index in [1.807, 2.05) is 66.1 Å². The molecule has 1 N–H and O–H groups in total. The van der Waals surface area contributed by atoms with E-state index in [2.05, 4.69) is 36.7 Å². The van der Waals surface area contributed by atoms with Crippen LogP contribution >= 0.6 is 0 Å². The van der Waals surface area contributed by atoms with E-state index in [1.54, 1.807) is 0 Å². The molecule has 1 fully saturated rings. The predicted molar refractivity (Wildman–Crippen MR) is 164 cm³/mol. The molecule has 1 amide bonds. The molecule has 2 aromatic heterocycles. The minimum atomic E-state index is -1.23. The second-order valence-electron chi connectivity index (χ2n) is 11.7. The number of amides is 1. The summed E-state index contributed by atoms with van der Waals surface area (Å²) in [7, 11) is -1.23. The van der Waals surface area contributed by atoms with Gasteiger partial charge in [-0.05, 0) is 54.9 Å². The van der Waals surface area contributed by atoms with E-state index in [0.29, 0.717) is 39.5 Å². The van der Waals surface area contributed by atoms with Crippen molar-refractivity contribution in [2.24, 2.45) is 0 Å². The molecule has 216 valence electrons. The van der Waals surface area contributed by atoms with Crippen molar-refractivity contribution in [1.82, 2.24) is 19.4 Å². The number of pyridine rings is 1. The molecule has 5 rings (SSSR count). The zero-order valence-corrected chi connectivity index (χ0v) is 25.3. The van der Waals surface area contributed by atoms with Crippen molar-refractivity contribution >= 4 is 31.1 Å². The number of carboxylic acid groups (broad SMARTS) is 1. The van der Waals surface area contributed by atoms with Crippen molar-refractivity contribution in [2.75, 3.05) is 37.7 Å². The largest absolute Gasteiger partial charge is 0.486 e. The van der Waals surface area contributed by atoms with Crippen molar-refractivity contribution in [3.05, 3.63) is 72.3 Å². The Kier molecular flexibility index (Phi) is 8.60. The molecule has 10 heteroatoms. The summed E-state index contributed by atoms with van der Waals surface area (Å²) in [6.07, 6.45) is -0.941. The Bertz CT molecular complexity index is 1460. The summed E-state index contributed by atoms with van der Waals surface area (Å²) in [6, 6.07) is 23.2. The van der Waals surface area contributed by atoms with E-state index >= 15 is 0 Å². The highest BCUT2D eigenvalue weighted by atomic mass is 28.3. The van der Waals surface area contributed by atoms with Crippen LogP contribution in [0.25, 0.3) is 22.6 Å². The summed E-state index contributed by atoms with van der Waals surface area (Å²) in [6.45, 7) is 12.2. The zero-order chi connectivity index (χ0) is 29.0. The number of piperazine rings is 1. The van der Waals surface area contributed by atoms with Gasteiger partial charge in [-0.15, -0.1) is 0 Å². The number of anilines is 1. The van der Waals surface area contributed by atoms with E-state index in [1.165, 1.54) is 4.90 Å². The number of rotatable bonds is 10. The maximum absolute atomic E-state index is 11.3. The highest BCUT2D eigenvalue weighted by Gasteiger charge is 2.23. The Morgan fingerprint density at radius 1 is 0.951 bits per heavy atom. The number of fused-ring (bicyclic) bond motifs is 1. The second kappa shape index (κ2) is 12.3. The smallest absolute Gasteiger partial charge is 0.407 e. The fraction of sp³-hybridized carbons (Fsp3) is 0.387. The third-order valence-corrected chi connectivity index (χ3v) is 9.07. The topological polar surface area (TPSA) is 93.0 Å². The molecule has 1 aliphatic rings. The number of aromatic nitrogens is 3. The van der Waals surface area contributed by atoms with Crippen LogP contribution in [0.4, 0.5) is 10.6 Å². The molecule has 0 bridgehead atoms. The van der Waals surface area contributed by atoms with E-state index in [-0.39, 0.29) is 6.10 Å².